The lowest BCUT2D eigenvalue weighted by Crippen LogP contribution is -2.43. The van der Waals surface area contributed by atoms with E-state index in [1.54, 1.807) is 0 Å². The third-order valence-electron chi connectivity index (χ3n) is 3.34. The summed E-state index contributed by atoms with van der Waals surface area (Å²) < 4.78 is 23.3. The average molecular weight is 263 g/mol. The molecule has 0 aromatic rings. The summed E-state index contributed by atoms with van der Waals surface area (Å²) in [6, 6.07) is 0.0894. The first-order chi connectivity index (χ1) is 7.82. The van der Waals surface area contributed by atoms with Crippen molar-refractivity contribution in [1.29, 1.82) is 0 Å². The summed E-state index contributed by atoms with van der Waals surface area (Å²) in [5.74, 6) is 0.582. The molecule has 0 radical (unpaired) electrons. The highest BCUT2D eigenvalue weighted by atomic mass is 32.2. The van der Waals surface area contributed by atoms with Gasteiger partial charge in [-0.25, -0.2) is 8.42 Å². The van der Waals surface area contributed by atoms with Gasteiger partial charge in [0.05, 0.1) is 5.25 Å². The summed E-state index contributed by atoms with van der Waals surface area (Å²) in [4.78, 5) is 0. The van der Waals surface area contributed by atoms with Gasteiger partial charge in [-0.1, -0.05) is 33.6 Å². The third kappa shape index (κ3) is 7.04. The lowest BCUT2D eigenvalue weighted by Gasteiger charge is -2.26. The number of sulfone groups is 1. The Morgan fingerprint density at radius 1 is 1.12 bits per heavy atom. The summed E-state index contributed by atoms with van der Waals surface area (Å²) in [7, 11) is -2.96. The summed E-state index contributed by atoms with van der Waals surface area (Å²) in [5, 5.41) is 3.09. The van der Waals surface area contributed by atoms with Crippen LogP contribution in [-0.2, 0) is 9.84 Å². The summed E-state index contributed by atoms with van der Waals surface area (Å²) in [6.45, 7) is 9.19. The SMILES string of the molecule is CCCNC(CC(C)CCC)C(C)S(C)(=O)=O. The maximum absolute atomic E-state index is 11.6. The molecule has 3 atom stereocenters. The quantitative estimate of drug-likeness (QED) is 0.695. The number of hydrogen-bond acceptors (Lipinski definition) is 3. The maximum Gasteiger partial charge on any atom is 0.151 e. The van der Waals surface area contributed by atoms with Gasteiger partial charge in [-0.3, -0.25) is 0 Å². The molecule has 104 valence electrons. The Balaban J connectivity index is 4.52. The molecule has 3 unspecified atom stereocenters. The maximum atomic E-state index is 11.6. The van der Waals surface area contributed by atoms with Crippen molar-refractivity contribution in [3.05, 3.63) is 0 Å². The Morgan fingerprint density at radius 2 is 1.71 bits per heavy atom. The highest BCUT2D eigenvalue weighted by molar-refractivity contribution is 7.91. The molecular weight excluding hydrogens is 234 g/mol. The second-order valence-corrected chi connectivity index (χ2v) is 7.63. The molecular formula is C13H29NO2S. The van der Waals surface area contributed by atoms with Crippen LogP contribution in [0, 0.1) is 5.92 Å². The molecule has 17 heavy (non-hydrogen) atoms. The summed E-state index contributed by atoms with van der Waals surface area (Å²) in [5.41, 5.74) is 0. The standard InChI is InChI=1S/C13H29NO2S/c1-6-8-11(3)10-13(14-9-7-2)12(4)17(5,15)16/h11-14H,6-10H2,1-5H3. The van der Waals surface area contributed by atoms with Crippen molar-refractivity contribution < 1.29 is 8.42 Å². The predicted molar refractivity (Wildman–Crippen MR) is 75.1 cm³/mol. The molecule has 0 heterocycles. The smallest absolute Gasteiger partial charge is 0.151 e. The molecule has 0 aromatic carbocycles. The molecule has 0 bridgehead atoms. The third-order valence-corrected chi connectivity index (χ3v) is 5.02. The molecule has 0 fully saturated rings. The molecule has 0 aliphatic heterocycles. The van der Waals surface area contributed by atoms with Crippen molar-refractivity contribution >= 4 is 9.84 Å². The molecule has 1 N–H and O–H groups in total. The molecule has 0 aliphatic rings. The minimum Gasteiger partial charge on any atom is -0.313 e. The van der Waals surface area contributed by atoms with Gasteiger partial charge in [-0.15, -0.1) is 0 Å². The van der Waals surface area contributed by atoms with Gasteiger partial charge in [0.25, 0.3) is 0 Å². The molecule has 4 heteroatoms. The van der Waals surface area contributed by atoms with Crippen LogP contribution in [-0.4, -0.2) is 32.5 Å². The Kier molecular flexibility index (Phi) is 8.05. The van der Waals surface area contributed by atoms with Gasteiger partial charge < -0.3 is 5.32 Å². The van der Waals surface area contributed by atoms with E-state index in [1.807, 2.05) is 6.92 Å². The predicted octanol–water partition coefficient (Wildman–Crippen LogP) is 2.61. The fourth-order valence-electron chi connectivity index (χ4n) is 2.11. The van der Waals surface area contributed by atoms with Gasteiger partial charge in [0, 0.05) is 12.3 Å². The van der Waals surface area contributed by atoms with E-state index in [9.17, 15) is 8.42 Å². The van der Waals surface area contributed by atoms with Crippen LogP contribution in [0.15, 0.2) is 0 Å². The Bertz CT molecular complexity index is 288. The van der Waals surface area contributed by atoms with E-state index in [2.05, 4.69) is 26.1 Å². The second kappa shape index (κ2) is 8.09. The zero-order chi connectivity index (χ0) is 13.5. The van der Waals surface area contributed by atoms with E-state index in [1.165, 1.54) is 12.7 Å². The zero-order valence-corrected chi connectivity index (χ0v) is 12.8. The monoisotopic (exact) mass is 263 g/mol. The van der Waals surface area contributed by atoms with Gasteiger partial charge in [0.1, 0.15) is 0 Å². The van der Waals surface area contributed by atoms with Gasteiger partial charge in [-0.05, 0) is 32.2 Å². The van der Waals surface area contributed by atoms with Crippen molar-refractivity contribution in [3.63, 3.8) is 0 Å². The fourth-order valence-corrected chi connectivity index (χ4v) is 2.92. The lowest BCUT2D eigenvalue weighted by molar-refractivity contribution is 0.374. The number of hydrogen-bond donors (Lipinski definition) is 1. The van der Waals surface area contributed by atoms with Crippen LogP contribution in [0.3, 0.4) is 0 Å². The minimum absolute atomic E-state index is 0.0894. The van der Waals surface area contributed by atoms with Crippen molar-refractivity contribution in [1.82, 2.24) is 5.32 Å². The van der Waals surface area contributed by atoms with Gasteiger partial charge in [0.15, 0.2) is 9.84 Å². The van der Waals surface area contributed by atoms with Crippen molar-refractivity contribution in [2.45, 2.75) is 64.7 Å². The Labute approximate surface area is 107 Å². The Hall–Kier alpha value is -0.0900. The summed E-state index contributed by atoms with van der Waals surface area (Å²) in [6.07, 6.45) is 5.65. The van der Waals surface area contributed by atoms with Crippen LogP contribution in [0.4, 0.5) is 0 Å². The molecule has 0 saturated heterocycles. The van der Waals surface area contributed by atoms with Crippen LogP contribution < -0.4 is 5.32 Å². The van der Waals surface area contributed by atoms with Gasteiger partial charge in [0.2, 0.25) is 0 Å². The van der Waals surface area contributed by atoms with Gasteiger partial charge >= 0.3 is 0 Å². The minimum atomic E-state index is -2.96. The largest absolute Gasteiger partial charge is 0.313 e. The lowest BCUT2D eigenvalue weighted by atomic mass is 9.95. The molecule has 0 amide bonds. The van der Waals surface area contributed by atoms with E-state index in [0.717, 1.165) is 25.8 Å². The first-order valence-corrected chi connectivity index (χ1v) is 8.70. The Morgan fingerprint density at radius 3 is 2.12 bits per heavy atom. The van der Waals surface area contributed by atoms with E-state index >= 15 is 0 Å². The summed E-state index contributed by atoms with van der Waals surface area (Å²) >= 11 is 0. The number of rotatable bonds is 9. The van der Waals surface area contributed by atoms with Crippen molar-refractivity contribution in [2.75, 3.05) is 12.8 Å². The first kappa shape index (κ1) is 16.9. The molecule has 0 saturated carbocycles. The molecule has 0 spiro atoms. The van der Waals surface area contributed by atoms with Gasteiger partial charge in [-0.2, -0.15) is 0 Å². The van der Waals surface area contributed by atoms with Crippen LogP contribution in [0.5, 0.6) is 0 Å². The molecule has 0 aliphatic carbocycles. The topological polar surface area (TPSA) is 46.2 Å². The van der Waals surface area contributed by atoms with E-state index in [0.29, 0.717) is 5.92 Å². The van der Waals surface area contributed by atoms with E-state index in [4.69, 9.17) is 0 Å². The molecule has 0 rings (SSSR count). The number of nitrogens with one attached hydrogen (secondary N) is 1. The second-order valence-electron chi connectivity index (χ2n) is 5.22. The van der Waals surface area contributed by atoms with Crippen LogP contribution >= 0.6 is 0 Å². The van der Waals surface area contributed by atoms with Crippen molar-refractivity contribution in [2.24, 2.45) is 5.92 Å². The normalized spacial score (nSPS) is 17.7. The van der Waals surface area contributed by atoms with E-state index < -0.39 is 9.84 Å². The van der Waals surface area contributed by atoms with E-state index in [-0.39, 0.29) is 11.3 Å². The van der Waals surface area contributed by atoms with Crippen LogP contribution in [0.1, 0.15) is 53.4 Å². The average Bonchev–Trinajstić information content (AvgIpc) is 2.22. The fraction of sp³-hybridized carbons (Fsp3) is 1.00. The molecule has 0 aromatic heterocycles. The van der Waals surface area contributed by atoms with Crippen LogP contribution in [0.25, 0.3) is 0 Å². The zero-order valence-electron chi connectivity index (χ0n) is 12.0. The highest BCUT2D eigenvalue weighted by Gasteiger charge is 2.26. The van der Waals surface area contributed by atoms with Crippen molar-refractivity contribution in [3.8, 4) is 0 Å². The highest BCUT2D eigenvalue weighted by Crippen LogP contribution is 2.17. The van der Waals surface area contributed by atoms with Crippen LogP contribution in [0.2, 0.25) is 0 Å². The first-order valence-electron chi connectivity index (χ1n) is 6.75. The molecule has 3 nitrogen and oxygen atoms in total.